The highest BCUT2D eigenvalue weighted by Crippen LogP contribution is 2.42. The van der Waals surface area contributed by atoms with Crippen molar-refractivity contribution in [3.05, 3.63) is 71.3 Å². The van der Waals surface area contributed by atoms with Crippen LogP contribution < -0.4 is 0 Å². The molecule has 3 nitrogen and oxygen atoms in total. The van der Waals surface area contributed by atoms with Crippen molar-refractivity contribution in [2.75, 3.05) is 6.54 Å². The highest BCUT2D eigenvalue weighted by Gasteiger charge is 2.38. The minimum atomic E-state index is -4.39. The Labute approximate surface area is 201 Å². The van der Waals surface area contributed by atoms with Gasteiger partial charge in [0.15, 0.2) is 0 Å². The zero-order valence-electron chi connectivity index (χ0n) is 20.1. The molecule has 34 heavy (non-hydrogen) atoms. The first-order chi connectivity index (χ1) is 16.1. The van der Waals surface area contributed by atoms with E-state index in [0.29, 0.717) is 5.92 Å². The zero-order chi connectivity index (χ0) is 24.7. The van der Waals surface area contributed by atoms with Crippen molar-refractivity contribution < 1.29 is 23.1 Å². The molecule has 186 valence electrons. The Morgan fingerprint density at radius 2 is 1.68 bits per heavy atom. The molecule has 3 rings (SSSR count). The van der Waals surface area contributed by atoms with E-state index in [1.54, 1.807) is 12.1 Å². The van der Waals surface area contributed by atoms with Crippen LogP contribution in [0.1, 0.15) is 75.0 Å². The van der Waals surface area contributed by atoms with E-state index in [-0.39, 0.29) is 24.3 Å². The molecule has 0 unspecified atom stereocenters. The van der Waals surface area contributed by atoms with Gasteiger partial charge in [-0.2, -0.15) is 13.2 Å². The van der Waals surface area contributed by atoms with Crippen LogP contribution in [0.5, 0.6) is 0 Å². The van der Waals surface area contributed by atoms with E-state index in [4.69, 9.17) is 0 Å². The summed E-state index contributed by atoms with van der Waals surface area (Å²) in [7, 11) is 0. The number of carboxylic acid groups (broad SMARTS) is 1. The molecule has 1 N–H and O–H groups in total. The molecule has 1 fully saturated rings. The van der Waals surface area contributed by atoms with Crippen LogP contribution in [0.15, 0.2) is 54.6 Å². The molecule has 2 aromatic carbocycles. The maximum Gasteiger partial charge on any atom is 0.416 e. The van der Waals surface area contributed by atoms with E-state index >= 15 is 0 Å². The number of nitrogens with zero attached hydrogens (tertiary/aromatic N) is 1. The standard InChI is InChI=1S/C28H36F3NO2/c1-20(2)16-17-32(19-21-8-4-3-5-9-21)25-11-7-6-10-23(18-26(33)34)27(25)22-12-14-24(15-13-22)28(29,30)31/h3-5,8-9,12-15,20,23,25,27H,6-7,10-11,16-19H2,1-2H3,(H,33,34)/t23-,25+,27-/m1/s1. The van der Waals surface area contributed by atoms with Crippen molar-refractivity contribution in [3.63, 3.8) is 0 Å². The molecule has 6 heteroatoms. The lowest BCUT2D eigenvalue weighted by Gasteiger charge is -2.40. The van der Waals surface area contributed by atoms with Crippen molar-refractivity contribution in [1.82, 2.24) is 4.90 Å². The number of carboxylic acids is 1. The summed E-state index contributed by atoms with van der Waals surface area (Å²) in [6.07, 6.45) is 0.265. The molecule has 0 spiro atoms. The minimum absolute atomic E-state index is 0.0333. The predicted octanol–water partition coefficient (Wildman–Crippen LogP) is 7.37. The van der Waals surface area contributed by atoms with Crippen molar-refractivity contribution >= 4 is 5.97 Å². The molecular formula is C28H36F3NO2. The molecular weight excluding hydrogens is 439 g/mol. The van der Waals surface area contributed by atoms with Gasteiger partial charge in [-0.15, -0.1) is 0 Å². The lowest BCUT2D eigenvalue weighted by molar-refractivity contribution is -0.138. The fourth-order valence-electron chi connectivity index (χ4n) is 5.29. The Kier molecular flexibility index (Phi) is 9.17. The lowest BCUT2D eigenvalue weighted by Crippen LogP contribution is -2.42. The fraction of sp³-hybridized carbons (Fsp3) is 0.536. The lowest BCUT2D eigenvalue weighted by atomic mass is 9.77. The van der Waals surface area contributed by atoms with E-state index in [1.807, 2.05) is 18.2 Å². The number of aliphatic carboxylic acids is 1. The van der Waals surface area contributed by atoms with Crippen LogP contribution in [0.25, 0.3) is 0 Å². The third kappa shape index (κ3) is 7.33. The highest BCUT2D eigenvalue weighted by atomic mass is 19.4. The minimum Gasteiger partial charge on any atom is -0.481 e. The van der Waals surface area contributed by atoms with Crippen LogP contribution in [0.3, 0.4) is 0 Å². The average Bonchev–Trinajstić information content (AvgIpc) is 2.98. The number of hydrogen-bond donors (Lipinski definition) is 1. The van der Waals surface area contributed by atoms with Crippen LogP contribution in [0.4, 0.5) is 13.2 Å². The SMILES string of the molecule is CC(C)CCN(Cc1ccccc1)[C@H]1CCCC[C@H](CC(=O)O)[C@H]1c1ccc(C(F)(F)F)cc1. The van der Waals surface area contributed by atoms with E-state index in [2.05, 4.69) is 30.9 Å². The molecule has 0 bridgehead atoms. The Morgan fingerprint density at radius 3 is 2.26 bits per heavy atom. The van der Waals surface area contributed by atoms with Gasteiger partial charge >= 0.3 is 12.1 Å². The zero-order valence-corrected chi connectivity index (χ0v) is 20.1. The van der Waals surface area contributed by atoms with Crippen LogP contribution >= 0.6 is 0 Å². The van der Waals surface area contributed by atoms with Crippen LogP contribution in [0, 0.1) is 11.8 Å². The quantitative estimate of drug-likeness (QED) is 0.385. The predicted molar refractivity (Wildman–Crippen MR) is 128 cm³/mol. The number of benzene rings is 2. The van der Waals surface area contributed by atoms with E-state index < -0.39 is 17.7 Å². The second kappa shape index (κ2) is 11.9. The number of hydrogen-bond acceptors (Lipinski definition) is 2. The van der Waals surface area contributed by atoms with E-state index in [9.17, 15) is 23.1 Å². The van der Waals surface area contributed by atoms with Gasteiger partial charge in [0.05, 0.1) is 5.56 Å². The molecule has 3 atom stereocenters. The van der Waals surface area contributed by atoms with Crippen molar-refractivity contribution in [1.29, 1.82) is 0 Å². The van der Waals surface area contributed by atoms with Crippen LogP contribution in [0.2, 0.25) is 0 Å². The topological polar surface area (TPSA) is 40.5 Å². The summed E-state index contributed by atoms with van der Waals surface area (Å²) in [4.78, 5) is 14.2. The Balaban J connectivity index is 2.01. The van der Waals surface area contributed by atoms with Crippen molar-refractivity contribution in [2.45, 2.75) is 77.1 Å². The third-order valence-corrected chi connectivity index (χ3v) is 7.00. The second-order valence-corrected chi connectivity index (χ2v) is 9.99. The fourth-order valence-corrected chi connectivity index (χ4v) is 5.29. The summed E-state index contributed by atoms with van der Waals surface area (Å²) in [5.74, 6) is -0.571. The average molecular weight is 476 g/mol. The Morgan fingerprint density at radius 1 is 1.03 bits per heavy atom. The van der Waals surface area contributed by atoms with Gasteiger partial charge < -0.3 is 5.11 Å². The molecule has 0 heterocycles. The van der Waals surface area contributed by atoms with Gasteiger partial charge in [-0.05, 0) is 60.9 Å². The van der Waals surface area contributed by atoms with Gasteiger partial charge in [0, 0.05) is 24.9 Å². The molecule has 1 saturated carbocycles. The summed E-state index contributed by atoms with van der Waals surface area (Å²) in [5, 5.41) is 9.65. The van der Waals surface area contributed by atoms with E-state index in [1.165, 1.54) is 5.56 Å². The Hall–Kier alpha value is -2.34. The van der Waals surface area contributed by atoms with Gasteiger partial charge in [0.1, 0.15) is 0 Å². The normalized spacial score (nSPS) is 21.6. The molecule has 2 aromatic rings. The number of carbonyl (C=O) groups is 1. The summed E-state index contributed by atoms with van der Waals surface area (Å²) >= 11 is 0. The monoisotopic (exact) mass is 475 g/mol. The van der Waals surface area contributed by atoms with Gasteiger partial charge in [-0.3, -0.25) is 9.69 Å². The largest absolute Gasteiger partial charge is 0.481 e. The Bertz CT molecular complexity index is 896. The molecule has 1 aliphatic carbocycles. The summed E-state index contributed by atoms with van der Waals surface area (Å²) < 4.78 is 39.6. The molecule has 0 aromatic heterocycles. The summed E-state index contributed by atoms with van der Waals surface area (Å²) in [5.41, 5.74) is 1.34. The van der Waals surface area contributed by atoms with E-state index in [0.717, 1.165) is 62.9 Å². The van der Waals surface area contributed by atoms with Gasteiger partial charge in [0.25, 0.3) is 0 Å². The van der Waals surface area contributed by atoms with Gasteiger partial charge in [-0.1, -0.05) is 69.2 Å². The molecule has 1 aliphatic rings. The van der Waals surface area contributed by atoms with Crippen molar-refractivity contribution in [2.24, 2.45) is 11.8 Å². The number of rotatable bonds is 9. The smallest absolute Gasteiger partial charge is 0.416 e. The first kappa shape index (κ1) is 26.3. The number of halogens is 3. The summed E-state index contributed by atoms with van der Waals surface area (Å²) in [6.45, 7) is 5.99. The van der Waals surface area contributed by atoms with Gasteiger partial charge in [0.2, 0.25) is 0 Å². The first-order valence-electron chi connectivity index (χ1n) is 12.3. The highest BCUT2D eigenvalue weighted by molar-refractivity contribution is 5.67. The van der Waals surface area contributed by atoms with Crippen molar-refractivity contribution in [3.8, 4) is 0 Å². The third-order valence-electron chi connectivity index (χ3n) is 7.00. The maximum atomic E-state index is 13.2. The van der Waals surface area contributed by atoms with Crippen LogP contribution in [-0.4, -0.2) is 28.6 Å². The summed E-state index contributed by atoms with van der Waals surface area (Å²) in [6, 6.07) is 15.7. The first-order valence-corrected chi connectivity index (χ1v) is 12.3. The second-order valence-electron chi connectivity index (χ2n) is 9.99. The van der Waals surface area contributed by atoms with Gasteiger partial charge in [-0.25, -0.2) is 0 Å². The molecule has 0 saturated heterocycles. The maximum absolute atomic E-state index is 13.2. The molecule has 0 amide bonds. The molecule has 0 aliphatic heterocycles. The van der Waals surface area contributed by atoms with Crippen LogP contribution in [-0.2, 0) is 17.5 Å². The molecule has 0 radical (unpaired) electrons. The number of alkyl halides is 3.